The van der Waals surface area contributed by atoms with Crippen LogP contribution in [0.25, 0.3) is 5.69 Å². The molecule has 0 aliphatic heterocycles. The summed E-state index contributed by atoms with van der Waals surface area (Å²) in [6.07, 6.45) is 6.41. The van der Waals surface area contributed by atoms with Gasteiger partial charge in [-0.1, -0.05) is 67.8 Å². The monoisotopic (exact) mass is 479 g/mol. The molecule has 1 unspecified atom stereocenters. The Bertz CT molecular complexity index is 1110. The number of nitro benzene ring substituents is 1. The van der Waals surface area contributed by atoms with Gasteiger partial charge in [-0.05, 0) is 37.0 Å². The van der Waals surface area contributed by atoms with Gasteiger partial charge in [0.05, 0.1) is 11.0 Å². The van der Waals surface area contributed by atoms with Crippen LogP contribution >= 0.6 is 11.8 Å². The first-order chi connectivity index (χ1) is 16.5. The molecule has 4 rings (SSSR count). The highest BCUT2D eigenvalue weighted by molar-refractivity contribution is 7.98. The van der Waals surface area contributed by atoms with Crippen molar-refractivity contribution in [3.63, 3.8) is 0 Å². The predicted molar refractivity (Wildman–Crippen MR) is 132 cm³/mol. The smallest absolute Gasteiger partial charge is 0.269 e. The third-order valence-corrected chi connectivity index (χ3v) is 7.21. The van der Waals surface area contributed by atoms with Gasteiger partial charge < -0.3 is 5.32 Å². The average Bonchev–Trinajstić information content (AvgIpc) is 3.52. The summed E-state index contributed by atoms with van der Waals surface area (Å²) in [6.45, 7) is 1.89. The molecule has 1 fully saturated rings. The molecule has 1 saturated carbocycles. The first kappa shape index (κ1) is 23.9. The van der Waals surface area contributed by atoms with Crippen LogP contribution in [-0.2, 0) is 10.5 Å². The molecule has 0 spiro atoms. The number of aromatic nitrogens is 3. The van der Waals surface area contributed by atoms with Crippen molar-refractivity contribution in [3.05, 3.63) is 76.1 Å². The maximum Gasteiger partial charge on any atom is 0.269 e. The van der Waals surface area contributed by atoms with Gasteiger partial charge in [0, 0.05) is 30.0 Å². The number of non-ortho nitro benzene ring substituents is 1. The lowest BCUT2D eigenvalue weighted by atomic mass is 10.0. The molecular formula is C25H29N5O3S. The Balaban J connectivity index is 1.53. The number of hydrogen-bond donors (Lipinski definition) is 1. The molecule has 9 heteroatoms. The van der Waals surface area contributed by atoms with Gasteiger partial charge >= 0.3 is 0 Å². The zero-order valence-corrected chi connectivity index (χ0v) is 20.0. The Morgan fingerprint density at radius 1 is 1.15 bits per heavy atom. The highest BCUT2D eigenvalue weighted by Gasteiger charge is 2.22. The molecule has 2 aromatic carbocycles. The molecule has 1 N–H and O–H groups in total. The highest BCUT2D eigenvalue weighted by Crippen LogP contribution is 2.30. The van der Waals surface area contributed by atoms with Crippen LogP contribution in [0, 0.1) is 16.0 Å². The van der Waals surface area contributed by atoms with Crippen LogP contribution in [-0.4, -0.2) is 25.6 Å². The first-order valence-corrected chi connectivity index (χ1v) is 12.7. The Kier molecular flexibility index (Phi) is 7.95. The van der Waals surface area contributed by atoms with Crippen LogP contribution in [0.4, 0.5) is 5.69 Å². The minimum absolute atomic E-state index is 0.0103. The van der Waals surface area contributed by atoms with Gasteiger partial charge in [0.1, 0.15) is 0 Å². The predicted octanol–water partition coefficient (Wildman–Crippen LogP) is 5.62. The van der Waals surface area contributed by atoms with E-state index in [1.807, 2.05) is 41.8 Å². The van der Waals surface area contributed by atoms with Crippen LogP contribution in [0.3, 0.4) is 0 Å². The van der Waals surface area contributed by atoms with Crippen LogP contribution in [0.1, 0.15) is 62.9 Å². The van der Waals surface area contributed by atoms with Crippen molar-refractivity contribution in [3.8, 4) is 5.69 Å². The van der Waals surface area contributed by atoms with E-state index in [0.29, 0.717) is 34.8 Å². The van der Waals surface area contributed by atoms with Crippen molar-refractivity contribution in [2.45, 2.75) is 62.4 Å². The maximum atomic E-state index is 12.6. The van der Waals surface area contributed by atoms with Crippen molar-refractivity contribution < 1.29 is 9.72 Å². The average molecular weight is 480 g/mol. The molecule has 1 aromatic heterocycles. The minimum atomic E-state index is -0.422. The minimum Gasteiger partial charge on any atom is -0.346 e. The zero-order chi connectivity index (χ0) is 23.9. The quantitative estimate of drug-likeness (QED) is 0.230. The number of rotatable bonds is 10. The van der Waals surface area contributed by atoms with E-state index in [1.165, 1.54) is 49.6 Å². The second kappa shape index (κ2) is 11.3. The van der Waals surface area contributed by atoms with E-state index in [2.05, 4.69) is 15.5 Å². The van der Waals surface area contributed by atoms with E-state index in [1.54, 1.807) is 12.1 Å². The molecule has 1 amide bonds. The van der Waals surface area contributed by atoms with Crippen LogP contribution in [0.2, 0.25) is 0 Å². The summed E-state index contributed by atoms with van der Waals surface area (Å²) in [4.78, 5) is 23.3. The third kappa shape index (κ3) is 6.02. The fourth-order valence-corrected chi connectivity index (χ4v) is 5.27. The molecule has 3 aromatic rings. The summed E-state index contributed by atoms with van der Waals surface area (Å²) >= 11 is 1.53. The standard InChI is InChI=1S/C25H29N5O3S/c1-18(26-23(31)16-11-19-7-5-6-8-19)24-27-28-25(34-17-20-9-3-2-4-10-20)29(24)21-12-14-22(15-13-21)30(32)33/h2-4,9-10,12-15,18-19H,5-8,11,16-17H2,1H3,(H,26,31). The molecule has 0 bridgehead atoms. The summed E-state index contributed by atoms with van der Waals surface area (Å²) in [7, 11) is 0. The maximum absolute atomic E-state index is 12.6. The van der Waals surface area contributed by atoms with Gasteiger partial charge in [0.15, 0.2) is 11.0 Å². The lowest BCUT2D eigenvalue weighted by molar-refractivity contribution is -0.384. The molecule has 34 heavy (non-hydrogen) atoms. The highest BCUT2D eigenvalue weighted by atomic mass is 32.2. The van der Waals surface area contributed by atoms with Crippen molar-refractivity contribution in [2.24, 2.45) is 5.92 Å². The normalized spacial score (nSPS) is 14.7. The molecule has 1 aliphatic carbocycles. The van der Waals surface area contributed by atoms with Gasteiger partial charge in [0.25, 0.3) is 5.69 Å². The number of thioether (sulfide) groups is 1. The SMILES string of the molecule is CC(NC(=O)CCC1CCCC1)c1nnc(SCc2ccccc2)n1-c1ccc([N+](=O)[O-])cc1. The van der Waals surface area contributed by atoms with Crippen molar-refractivity contribution in [1.29, 1.82) is 0 Å². The number of hydrogen-bond acceptors (Lipinski definition) is 6. The first-order valence-electron chi connectivity index (χ1n) is 11.7. The van der Waals surface area contributed by atoms with E-state index >= 15 is 0 Å². The summed E-state index contributed by atoms with van der Waals surface area (Å²) in [5, 5.41) is 23.6. The molecular weight excluding hydrogens is 450 g/mol. The number of carbonyl (C=O) groups is 1. The van der Waals surface area contributed by atoms with Crippen LogP contribution in [0.15, 0.2) is 59.8 Å². The molecule has 1 atom stereocenters. The molecule has 1 aliphatic rings. The number of benzene rings is 2. The van der Waals surface area contributed by atoms with E-state index in [-0.39, 0.29) is 17.6 Å². The van der Waals surface area contributed by atoms with Crippen LogP contribution in [0.5, 0.6) is 0 Å². The van der Waals surface area contributed by atoms with Gasteiger partial charge in [-0.2, -0.15) is 0 Å². The fraction of sp³-hybridized carbons (Fsp3) is 0.400. The third-order valence-electron chi connectivity index (χ3n) is 6.21. The van der Waals surface area contributed by atoms with E-state index in [9.17, 15) is 14.9 Å². The molecule has 0 radical (unpaired) electrons. The summed E-state index contributed by atoms with van der Waals surface area (Å²) in [5.41, 5.74) is 1.89. The second-order valence-electron chi connectivity index (χ2n) is 8.70. The van der Waals surface area contributed by atoms with Gasteiger partial charge in [-0.25, -0.2) is 0 Å². The van der Waals surface area contributed by atoms with E-state index in [4.69, 9.17) is 0 Å². The summed E-state index contributed by atoms with van der Waals surface area (Å²) in [5.74, 6) is 1.97. The Hall–Kier alpha value is -3.20. The number of nitrogens with one attached hydrogen (secondary N) is 1. The molecule has 178 valence electrons. The lowest BCUT2D eigenvalue weighted by Gasteiger charge is -2.17. The molecule has 1 heterocycles. The Labute approximate surface area is 203 Å². The summed E-state index contributed by atoms with van der Waals surface area (Å²) < 4.78 is 1.87. The Morgan fingerprint density at radius 2 is 1.85 bits per heavy atom. The molecule has 0 saturated heterocycles. The largest absolute Gasteiger partial charge is 0.346 e. The zero-order valence-electron chi connectivity index (χ0n) is 19.2. The Morgan fingerprint density at radius 3 is 2.53 bits per heavy atom. The van der Waals surface area contributed by atoms with Crippen molar-refractivity contribution >= 4 is 23.4 Å². The van der Waals surface area contributed by atoms with Gasteiger partial charge in [-0.15, -0.1) is 10.2 Å². The topological polar surface area (TPSA) is 103 Å². The van der Waals surface area contributed by atoms with E-state index in [0.717, 1.165) is 12.0 Å². The van der Waals surface area contributed by atoms with E-state index < -0.39 is 4.92 Å². The number of amides is 1. The second-order valence-corrected chi connectivity index (χ2v) is 9.64. The number of nitrogens with zero attached hydrogens (tertiary/aromatic N) is 4. The van der Waals surface area contributed by atoms with Crippen molar-refractivity contribution in [2.75, 3.05) is 0 Å². The van der Waals surface area contributed by atoms with Crippen LogP contribution < -0.4 is 5.32 Å². The summed E-state index contributed by atoms with van der Waals surface area (Å²) in [6, 6.07) is 16.0. The molecule has 8 nitrogen and oxygen atoms in total. The van der Waals surface area contributed by atoms with Gasteiger partial charge in [-0.3, -0.25) is 19.5 Å². The number of nitro groups is 1. The van der Waals surface area contributed by atoms with Crippen molar-refractivity contribution in [1.82, 2.24) is 20.1 Å². The number of carbonyl (C=O) groups excluding carboxylic acids is 1. The van der Waals surface area contributed by atoms with Gasteiger partial charge in [0.2, 0.25) is 5.91 Å². The fourth-order valence-electron chi connectivity index (χ4n) is 4.36. The lowest BCUT2D eigenvalue weighted by Crippen LogP contribution is -2.28.